The lowest BCUT2D eigenvalue weighted by Gasteiger charge is -2.41. The molecule has 1 heterocycles. The second-order valence-electron chi connectivity index (χ2n) is 9.09. The fourth-order valence-electron chi connectivity index (χ4n) is 4.87. The topological polar surface area (TPSA) is 61.9 Å². The van der Waals surface area contributed by atoms with Crippen LogP contribution < -0.4 is 15.0 Å². The minimum absolute atomic E-state index is 0.0525. The van der Waals surface area contributed by atoms with Gasteiger partial charge in [-0.15, -0.1) is 0 Å². The fraction of sp³-hybridized carbons (Fsp3) is 0.500. The second kappa shape index (κ2) is 13.2. The molecule has 0 radical (unpaired) electrons. The largest absolute Gasteiger partial charge is 0.497 e. The van der Waals surface area contributed by atoms with Crippen LogP contribution in [0.5, 0.6) is 5.75 Å². The molecular formula is C28H38FN3O3. The Balaban J connectivity index is 1.78. The van der Waals surface area contributed by atoms with Crippen LogP contribution in [-0.2, 0) is 9.59 Å². The normalized spacial score (nSPS) is 18.1. The van der Waals surface area contributed by atoms with Gasteiger partial charge in [0.2, 0.25) is 11.8 Å². The average molecular weight is 484 g/mol. The van der Waals surface area contributed by atoms with Gasteiger partial charge >= 0.3 is 0 Å². The number of carbonyl (C=O) groups excluding carboxylic acids is 2. The van der Waals surface area contributed by atoms with Crippen LogP contribution in [0.3, 0.4) is 0 Å². The molecule has 0 bridgehead atoms. The number of hydrogen-bond acceptors (Lipinski definition) is 4. The van der Waals surface area contributed by atoms with Crippen molar-refractivity contribution in [1.82, 2.24) is 10.2 Å². The van der Waals surface area contributed by atoms with Crippen LogP contribution >= 0.6 is 0 Å². The van der Waals surface area contributed by atoms with Gasteiger partial charge in [0.25, 0.3) is 0 Å². The van der Waals surface area contributed by atoms with Gasteiger partial charge in [-0.2, -0.15) is 0 Å². The van der Waals surface area contributed by atoms with E-state index in [1.807, 2.05) is 12.1 Å². The zero-order chi connectivity index (χ0) is 25.2. The maximum absolute atomic E-state index is 13.7. The molecule has 1 aliphatic rings. The van der Waals surface area contributed by atoms with E-state index < -0.39 is 12.0 Å². The van der Waals surface area contributed by atoms with Crippen molar-refractivity contribution in [2.24, 2.45) is 5.92 Å². The Morgan fingerprint density at radius 2 is 1.71 bits per heavy atom. The summed E-state index contributed by atoms with van der Waals surface area (Å²) in [7, 11) is 1.59. The molecule has 190 valence electrons. The van der Waals surface area contributed by atoms with Crippen LogP contribution in [0, 0.1) is 11.7 Å². The summed E-state index contributed by atoms with van der Waals surface area (Å²) in [4.78, 5) is 30.6. The van der Waals surface area contributed by atoms with Gasteiger partial charge in [0.15, 0.2) is 0 Å². The van der Waals surface area contributed by atoms with E-state index in [1.165, 1.54) is 12.1 Å². The third kappa shape index (κ3) is 7.04. The summed E-state index contributed by atoms with van der Waals surface area (Å²) in [5, 5.41) is 3.11. The van der Waals surface area contributed by atoms with Crippen LogP contribution in [0.1, 0.15) is 57.6 Å². The third-order valence-electron chi connectivity index (χ3n) is 6.53. The van der Waals surface area contributed by atoms with E-state index in [9.17, 15) is 14.0 Å². The molecule has 0 aliphatic carbocycles. The molecule has 2 atom stereocenters. The van der Waals surface area contributed by atoms with Gasteiger partial charge in [0, 0.05) is 18.7 Å². The first-order chi connectivity index (χ1) is 17.0. The van der Waals surface area contributed by atoms with E-state index in [1.54, 1.807) is 36.3 Å². The molecule has 1 fully saturated rings. The van der Waals surface area contributed by atoms with Gasteiger partial charge in [-0.1, -0.05) is 26.0 Å². The SMILES string of the molecule is CCCN(CCC)CCCNC(=O)[C@@H]1CCC(=O)N(c2ccc(OC)cc2)[C@H]1c1ccc(F)cc1. The minimum atomic E-state index is -0.512. The van der Waals surface area contributed by atoms with Crippen molar-refractivity contribution in [2.45, 2.75) is 52.0 Å². The molecule has 1 saturated heterocycles. The Morgan fingerprint density at radius 3 is 2.31 bits per heavy atom. The minimum Gasteiger partial charge on any atom is -0.497 e. The predicted molar refractivity (Wildman–Crippen MR) is 137 cm³/mol. The van der Waals surface area contributed by atoms with Crippen molar-refractivity contribution < 1.29 is 18.7 Å². The number of methoxy groups -OCH3 is 1. The molecule has 2 amide bonds. The van der Waals surface area contributed by atoms with E-state index in [2.05, 4.69) is 24.1 Å². The smallest absolute Gasteiger partial charge is 0.227 e. The summed E-state index contributed by atoms with van der Waals surface area (Å²) < 4.78 is 18.9. The van der Waals surface area contributed by atoms with Crippen LogP contribution in [0.2, 0.25) is 0 Å². The number of rotatable bonds is 12. The van der Waals surface area contributed by atoms with Crippen molar-refractivity contribution in [3.05, 3.63) is 59.9 Å². The Morgan fingerprint density at radius 1 is 1.06 bits per heavy atom. The van der Waals surface area contributed by atoms with Gasteiger partial charge in [-0.3, -0.25) is 9.59 Å². The van der Waals surface area contributed by atoms with Crippen molar-refractivity contribution in [3.8, 4) is 5.75 Å². The number of hydrogen-bond donors (Lipinski definition) is 1. The molecule has 1 N–H and O–H groups in total. The van der Waals surface area contributed by atoms with E-state index in [-0.39, 0.29) is 24.1 Å². The number of piperidine rings is 1. The number of anilines is 1. The lowest BCUT2D eigenvalue weighted by Crippen LogP contribution is -2.48. The molecule has 35 heavy (non-hydrogen) atoms. The zero-order valence-corrected chi connectivity index (χ0v) is 21.1. The summed E-state index contributed by atoms with van der Waals surface area (Å²) in [6, 6.07) is 12.8. The van der Waals surface area contributed by atoms with Crippen molar-refractivity contribution in [3.63, 3.8) is 0 Å². The number of benzene rings is 2. The number of amides is 2. The first-order valence-corrected chi connectivity index (χ1v) is 12.7. The van der Waals surface area contributed by atoms with Gasteiger partial charge < -0.3 is 19.9 Å². The molecule has 7 heteroatoms. The molecule has 0 unspecified atom stereocenters. The van der Waals surface area contributed by atoms with Crippen molar-refractivity contribution in [2.75, 3.05) is 38.2 Å². The van der Waals surface area contributed by atoms with E-state index in [0.717, 1.165) is 44.5 Å². The second-order valence-corrected chi connectivity index (χ2v) is 9.09. The van der Waals surface area contributed by atoms with Gasteiger partial charge in [0.1, 0.15) is 11.6 Å². The first-order valence-electron chi connectivity index (χ1n) is 12.7. The standard InChI is InChI=1S/C28H38FN3O3/c1-4-18-31(19-5-2)20-6-17-30-28(34)25-15-16-26(33)32(23-11-13-24(35-3)14-12-23)27(25)21-7-9-22(29)10-8-21/h7-14,25,27H,4-6,15-20H2,1-3H3,(H,30,34)/t25-,27+/m1/s1. The molecule has 1 aliphatic heterocycles. The predicted octanol–water partition coefficient (Wildman–Crippen LogP) is 4.95. The Bertz CT molecular complexity index is 943. The van der Waals surface area contributed by atoms with Gasteiger partial charge in [-0.25, -0.2) is 4.39 Å². The van der Waals surface area contributed by atoms with Gasteiger partial charge in [-0.05, 0) is 87.3 Å². The molecule has 2 aromatic carbocycles. The van der Waals surface area contributed by atoms with Crippen LogP contribution in [0.15, 0.2) is 48.5 Å². The number of carbonyl (C=O) groups is 2. The number of halogens is 1. The lowest BCUT2D eigenvalue weighted by molar-refractivity contribution is -0.129. The summed E-state index contributed by atoms with van der Waals surface area (Å²) in [6.45, 7) is 8.03. The molecule has 0 saturated carbocycles. The van der Waals surface area contributed by atoms with Crippen molar-refractivity contribution >= 4 is 17.5 Å². The lowest BCUT2D eigenvalue weighted by atomic mass is 9.83. The van der Waals surface area contributed by atoms with E-state index >= 15 is 0 Å². The molecule has 0 aromatic heterocycles. The highest BCUT2D eigenvalue weighted by molar-refractivity contribution is 5.97. The molecular weight excluding hydrogens is 445 g/mol. The summed E-state index contributed by atoms with van der Waals surface area (Å²) in [5.74, 6) is -0.212. The molecule has 2 aromatic rings. The van der Waals surface area contributed by atoms with Crippen molar-refractivity contribution in [1.29, 1.82) is 0 Å². The highest BCUT2D eigenvalue weighted by Gasteiger charge is 2.41. The Labute approximate surface area is 208 Å². The molecule has 6 nitrogen and oxygen atoms in total. The van der Waals surface area contributed by atoms with Crippen LogP contribution in [0.4, 0.5) is 10.1 Å². The quantitative estimate of drug-likeness (QED) is 0.434. The van der Waals surface area contributed by atoms with E-state index in [4.69, 9.17) is 4.74 Å². The molecule has 3 rings (SSSR count). The maximum atomic E-state index is 13.7. The fourth-order valence-corrected chi connectivity index (χ4v) is 4.87. The van der Waals surface area contributed by atoms with Gasteiger partial charge in [0.05, 0.1) is 19.1 Å². The molecule has 0 spiro atoms. The number of ether oxygens (including phenoxy) is 1. The third-order valence-corrected chi connectivity index (χ3v) is 6.53. The summed E-state index contributed by atoms with van der Waals surface area (Å²) >= 11 is 0. The monoisotopic (exact) mass is 483 g/mol. The summed E-state index contributed by atoms with van der Waals surface area (Å²) in [6.07, 6.45) is 3.84. The summed E-state index contributed by atoms with van der Waals surface area (Å²) in [5.41, 5.74) is 1.44. The number of nitrogens with one attached hydrogen (secondary N) is 1. The average Bonchev–Trinajstić information content (AvgIpc) is 2.87. The Hall–Kier alpha value is -2.93. The Kier molecular flexibility index (Phi) is 10.1. The maximum Gasteiger partial charge on any atom is 0.227 e. The first kappa shape index (κ1) is 26.7. The van der Waals surface area contributed by atoms with Crippen LogP contribution in [0.25, 0.3) is 0 Å². The number of nitrogens with zero attached hydrogens (tertiary/aromatic N) is 2. The highest BCUT2D eigenvalue weighted by atomic mass is 19.1. The highest BCUT2D eigenvalue weighted by Crippen LogP contribution is 2.40. The zero-order valence-electron chi connectivity index (χ0n) is 21.1. The van der Waals surface area contributed by atoms with Crippen LogP contribution in [-0.4, -0.2) is 50.0 Å². The van der Waals surface area contributed by atoms with E-state index in [0.29, 0.717) is 24.4 Å².